The maximum absolute atomic E-state index is 13.2. The molecule has 1 atom stereocenters. The summed E-state index contributed by atoms with van der Waals surface area (Å²) in [5.41, 5.74) is 3.82. The first-order valence-electron chi connectivity index (χ1n) is 9.91. The van der Waals surface area contributed by atoms with Gasteiger partial charge in [-0.3, -0.25) is 19.1 Å². The number of pyridine rings is 1. The zero-order chi connectivity index (χ0) is 21.3. The highest BCUT2D eigenvalue weighted by Crippen LogP contribution is 2.22. The number of ether oxygens (including phenoxy) is 1. The van der Waals surface area contributed by atoms with Crippen LogP contribution < -0.4 is 10.5 Å². The normalized spacial score (nSPS) is 16.5. The van der Waals surface area contributed by atoms with Crippen molar-refractivity contribution in [1.29, 1.82) is 0 Å². The fourth-order valence-electron chi connectivity index (χ4n) is 3.83. The highest BCUT2D eigenvalue weighted by molar-refractivity contribution is 6.02. The smallest absolute Gasteiger partial charge is 0.255 e. The largest absolute Gasteiger partial charge is 0.366 e. The number of carbonyl (C=O) groups excluding carboxylic acids is 1. The van der Waals surface area contributed by atoms with Gasteiger partial charge in [0.1, 0.15) is 6.10 Å². The Hall–Kier alpha value is -3.32. The molecule has 1 aliphatic rings. The molecule has 4 rings (SSSR count). The number of Topliss-reactive ketones (excluding diaryl/α,β-unsaturated/α-hetero) is 1. The van der Waals surface area contributed by atoms with Crippen LogP contribution in [0.1, 0.15) is 21.5 Å². The second kappa shape index (κ2) is 8.20. The van der Waals surface area contributed by atoms with Crippen LogP contribution in [-0.4, -0.2) is 46.1 Å². The lowest BCUT2D eigenvalue weighted by atomic mass is 9.95. The van der Waals surface area contributed by atoms with Crippen molar-refractivity contribution in [2.45, 2.75) is 20.0 Å². The summed E-state index contributed by atoms with van der Waals surface area (Å²) in [4.78, 5) is 36.5. The van der Waals surface area contributed by atoms with E-state index in [4.69, 9.17) is 9.72 Å². The number of hydrogen-bond acceptors (Lipinski definition) is 6. The van der Waals surface area contributed by atoms with Crippen molar-refractivity contribution in [3.8, 4) is 11.3 Å². The lowest BCUT2D eigenvalue weighted by Crippen LogP contribution is -2.48. The molecule has 0 saturated carbocycles. The van der Waals surface area contributed by atoms with Gasteiger partial charge < -0.3 is 9.64 Å². The SMILES string of the molecule is Cc1cccc(C)c1C(=O)C1CN(c2nc(-c3ccncc3)cc(=O)n2C)CCO1. The van der Waals surface area contributed by atoms with Crippen molar-refractivity contribution in [2.75, 3.05) is 24.6 Å². The predicted octanol–water partition coefficient (Wildman–Crippen LogP) is 2.55. The molecule has 1 saturated heterocycles. The van der Waals surface area contributed by atoms with Crippen LogP contribution in [0, 0.1) is 13.8 Å². The molecule has 3 heterocycles. The van der Waals surface area contributed by atoms with Gasteiger partial charge in [-0.1, -0.05) is 18.2 Å². The molecule has 1 unspecified atom stereocenters. The molecule has 154 valence electrons. The lowest BCUT2D eigenvalue weighted by Gasteiger charge is -2.34. The second-order valence-corrected chi connectivity index (χ2v) is 7.51. The quantitative estimate of drug-likeness (QED) is 0.622. The van der Waals surface area contributed by atoms with Gasteiger partial charge in [0.25, 0.3) is 5.56 Å². The Balaban J connectivity index is 1.66. The third-order valence-electron chi connectivity index (χ3n) is 5.46. The molecule has 3 aromatic rings. The van der Waals surface area contributed by atoms with Crippen LogP contribution in [0.4, 0.5) is 5.95 Å². The van der Waals surface area contributed by atoms with Crippen molar-refractivity contribution in [1.82, 2.24) is 14.5 Å². The molecule has 0 radical (unpaired) electrons. The minimum Gasteiger partial charge on any atom is -0.366 e. The van der Waals surface area contributed by atoms with Gasteiger partial charge in [-0.25, -0.2) is 4.98 Å². The number of aromatic nitrogens is 3. The molecule has 0 amide bonds. The molecule has 30 heavy (non-hydrogen) atoms. The van der Waals surface area contributed by atoms with Gasteiger partial charge >= 0.3 is 0 Å². The lowest BCUT2D eigenvalue weighted by molar-refractivity contribution is 0.0335. The number of benzene rings is 1. The van der Waals surface area contributed by atoms with Crippen LogP contribution in [0.3, 0.4) is 0 Å². The van der Waals surface area contributed by atoms with Crippen molar-refractivity contribution >= 4 is 11.7 Å². The Morgan fingerprint density at radius 2 is 1.83 bits per heavy atom. The average molecular weight is 404 g/mol. The predicted molar refractivity (Wildman–Crippen MR) is 115 cm³/mol. The highest BCUT2D eigenvalue weighted by Gasteiger charge is 2.31. The first-order chi connectivity index (χ1) is 14.5. The summed E-state index contributed by atoms with van der Waals surface area (Å²) in [6.45, 7) is 5.15. The van der Waals surface area contributed by atoms with E-state index in [9.17, 15) is 9.59 Å². The Kier molecular flexibility index (Phi) is 5.46. The van der Waals surface area contributed by atoms with Crippen LogP contribution in [-0.2, 0) is 11.8 Å². The number of anilines is 1. The minimum absolute atomic E-state index is 0.0365. The minimum atomic E-state index is -0.611. The van der Waals surface area contributed by atoms with Gasteiger partial charge in [-0.05, 0) is 37.1 Å². The molecule has 7 nitrogen and oxygen atoms in total. The number of morpholine rings is 1. The molecule has 0 N–H and O–H groups in total. The highest BCUT2D eigenvalue weighted by atomic mass is 16.5. The van der Waals surface area contributed by atoms with Crippen molar-refractivity contribution in [2.24, 2.45) is 7.05 Å². The summed E-state index contributed by atoms with van der Waals surface area (Å²) in [5, 5.41) is 0. The molecule has 0 spiro atoms. The Labute approximate surface area is 175 Å². The monoisotopic (exact) mass is 404 g/mol. The summed E-state index contributed by atoms with van der Waals surface area (Å²) in [6.07, 6.45) is 2.73. The second-order valence-electron chi connectivity index (χ2n) is 7.51. The molecular weight excluding hydrogens is 380 g/mol. The number of hydrogen-bond donors (Lipinski definition) is 0. The van der Waals surface area contributed by atoms with Gasteiger partial charge in [0, 0.05) is 43.2 Å². The number of carbonyl (C=O) groups is 1. The van der Waals surface area contributed by atoms with Crippen LogP contribution >= 0.6 is 0 Å². The van der Waals surface area contributed by atoms with E-state index in [-0.39, 0.29) is 11.3 Å². The molecule has 0 bridgehead atoms. The van der Waals surface area contributed by atoms with Crippen LogP contribution in [0.15, 0.2) is 53.6 Å². The summed E-state index contributed by atoms with van der Waals surface area (Å²) in [7, 11) is 1.69. The van der Waals surface area contributed by atoms with E-state index in [1.165, 1.54) is 10.6 Å². The summed E-state index contributed by atoms with van der Waals surface area (Å²) in [5.74, 6) is 0.488. The number of rotatable bonds is 4. The fraction of sp³-hybridized carbons (Fsp3) is 0.304. The Morgan fingerprint density at radius 3 is 2.53 bits per heavy atom. The Morgan fingerprint density at radius 1 is 1.13 bits per heavy atom. The van der Waals surface area contributed by atoms with E-state index in [2.05, 4.69) is 4.98 Å². The third kappa shape index (κ3) is 3.76. The zero-order valence-corrected chi connectivity index (χ0v) is 17.3. The number of ketones is 1. The summed E-state index contributed by atoms with van der Waals surface area (Å²) in [6, 6.07) is 11.0. The van der Waals surface area contributed by atoms with Gasteiger partial charge in [0.15, 0.2) is 5.78 Å². The van der Waals surface area contributed by atoms with Crippen molar-refractivity contribution < 1.29 is 9.53 Å². The van der Waals surface area contributed by atoms with Gasteiger partial charge in [0.05, 0.1) is 18.8 Å². The maximum Gasteiger partial charge on any atom is 0.255 e. The van der Waals surface area contributed by atoms with Crippen molar-refractivity contribution in [3.05, 3.63) is 75.8 Å². The molecule has 7 heteroatoms. The van der Waals surface area contributed by atoms with E-state index in [1.54, 1.807) is 19.4 Å². The standard InChI is InChI=1S/C23H24N4O3/c1-15-5-4-6-16(2)21(15)22(29)19-14-27(11-12-30-19)23-25-18(13-20(28)26(23)3)17-7-9-24-10-8-17/h4-10,13,19H,11-12,14H2,1-3H3. The fourth-order valence-corrected chi connectivity index (χ4v) is 3.83. The molecule has 1 aromatic carbocycles. The first kappa shape index (κ1) is 20.0. The molecular formula is C23H24N4O3. The van der Waals surface area contributed by atoms with Gasteiger partial charge in [0.2, 0.25) is 5.95 Å². The van der Waals surface area contributed by atoms with E-state index >= 15 is 0 Å². The number of nitrogens with zero attached hydrogens (tertiary/aromatic N) is 4. The molecule has 1 fully saturated rings. The van der Waals surface area contributed by atoms with Crippen LogP contribution in [0.2, 0.25) is 0 Å². The van der Waals surface area contributed by atoms with Gasteiger partial charge in [-0.15, -0.1) is 0 Å². The van der Waals surface area contributed by atoms with E-state index in [0.29, 0.717) is 36.9 Å². The Bertz CT molecular complexity index is 1120. The third-order valence-corrected chi connectivity index (χ3v) is 5.46. The summed E-state index contributed by atoms with van der Waals surface area (Å²) >= 11 is 0. The molecule has 2 aromatic heterocycles. The van der Waals surface area contributed by atoms with Crippen LogP contribution in [0.25, 0.3) is 11.3 Å². The molecule has 0 aliphatic carbocycles. The topological polar surface area (TPSA) is 77.3 Å². The van der Waals surface area contributed by atoms with Gasteiger partial charge in [-0.2, -0.15) is 0 Å². The van der Waals surface area contributed by atoms with Crippen molar-refractivity contribution in [3.63, 3.8) is 0 Å². The molecule has 1 aliphatic heterocycles. The van der Waals surface area contributed by atoms with Crippen LogP contribution in [0.5, 0.6) is 0 Å². The van der Waals surface area contributed by atoms with E-state index in [0.717, 1.165) is 16.7 Å². The first-order valence-corrected chi connectivity index (χ1v) is 9.91. The summed E-state index contributed by atoms with van der Waals surface area (Å²) < 4.78 is 7.34. The van der Waals surface area contributed by atoms with E-state index < -0.39 is 6.10 Å². The number of aryl methyl sites for hydroxylation is 2. The average Bonchev–Trinajstić information content (AvgIpc) is 2.76. The zero-order valence-electron chi connectivity index (χ0n) is 17.3. The van der Waals surface area contributed by atoms with E-state index in [1.807, 2.05) is 49.1 Å². The maximum atomic E-state index is 13.2.